The van der Waals surface area contributed by atoms with Crippen LogP contribution in [0.1, 0.15) is 0 Å². The predicted octanol–water partition coefficient (Wildman–Crippen LogP) is 4.33. The minimum Gasteiger partial charge on any atom is -0.551 e. The summed E-state index contributed by atoms with van der Waals surface area (Å²) in [7, 11) is -2.74. The Labute approximate surface area is 235 Å². The summed E-state index contributed by atoms with van der Waals surface area (Å²) >= 11 is 0. The Hall–Kier alpha value is -4.80. The van der Waals surface area contributed by atoms with E-state index in [2.05, 4.69) is 140 Å². The van der Waals surface area contributed by atoms with Crippen LogP contribution in [-0.2, 0) is 0 Å². The SMILES string of the molecule is c1ccc([Si](c2ccccc2)(c2ccccc2)c2cc3c4c(c2)-c2ccccc2OB4c2ccccc2O3)cc1. The van der Waals surface area contributed by atoms with Crippen molar-refractivity contribution in [3.8, 4) is 28.4 Å². The monoisotopic (exact) mass is 528 g/mol. The molecule has 0 aliphatic carbocycles. The molecule has 6 aromatic rings. The van der Waals surface area contributed by atoms with E-state index in [1.54, 1.807) is 0 Å². The van der Waals surface area contributed by atoms with Gasteiger partial charge in [0.1, 0.15) is 17.2 Å². The normalized spacial score (nSPS) is 12.8. The van der Waals surface area contributed by atoms with Crippen LogP contribution in [0, 0.1) is 0 Å². The van der Waals surface area contributed by atoms with Crippen LogP contribution in [0.5, 0.6) is 17.2 Å². The maximum atomic E-state index is 6.72. The molecule has 8 rings (SSSR count). The molecular weight excluding hydrogens is 503 g/mol. The smallest absolute Gasteiger partial charge is 0.434 e. The van der Waals surface area contributed by atoms with Gasteiger partial charge in [-0.2, -0.15) is 0 Å². The Morgan fingerprint density at radius 2 is 0.950 bits per heavy atom. The Balaban J connectivity index is 1.50. The number of para-hydroxylation sites is 2. The van der Waals surface area contributed by atoms with Crippen molar-refractivity contribution in [3.63, 3.8) is 0 Å². The van der Waals surface area contributed by atoms with E-state index in [9.17, 15) is 0 Å². The second-order valence-electron chi connectivity index (χ2n) is 10.4. The summed E-state index contributed by atoms with van der Waals surface area (Å²) < 4.78 is 13.4. The summed E-state index contributed by atoms with van der Waals surface area (Å²) in [5.41, 5.74) is 4.47. The highest BCUT2D eigenvalue weighted by Gasteiger charge is 2.46. The third-order valence-electron chi connectivity index (χ3n) is 8.30. The second kappa shape index (κ2) is 9.15. The zero-order valence-electron chi connectivity index (χ0n) is 21.8. The predicted molar refractivity (Wildman–Crippen MR) is 168 cm³/mol. The van der Waals surface area contributed by atoms with Gasteiger partial charge in [0.05, 0.1) is 0 Å². The van der Waals surface area contributed by atoms with Crippen molar-refractivity contribution < 1.29 is 9.39 Å². The highest BCUT2D eigenvalue weighted by atomic mass is 28.3. The van der Waals surface area contributed by atoms with Crippen molar-refractivity contribution in [1.82, 2.24) is 0 Å². The van der Waals surface area contributed by atoms with Gasteiger partial charge in [0, 0.05) is 16.5 Å². The average molecular weight is 528 g/mol. The molecule has 0 spiro atoms. The molecule has 0 amide bonds. The van der Waals surface area contributed by atoms with E-state index < -0.39 is 8.07 Å². The van der Waals surface area contributed by atoms with Crippen molar-refractivity contribution in [1.29, 1.82) is 0 Å². The largest absolute Gasteiger partial charge is 0.551 e. The molecule has 2 heterocycles. The first-order chi connectivity index (χ1) is 19.8. The minimum atomic E-state index is -2.74. The van der Waals surface area contributed by atoms with Crippen LogP contribution in [0.2, 0.25) is 0 Å². The molecule has 6 aromatic carbocycles. The van der Waals surface area contributed by atoms with Gasteiger partial charge in [0.2, 0.25) is 0 Å². The van der Waals surface area contributed by atoms with Crippen molar-refractivity contribution in [2.45, 2.75) is 0 Å². The molecule has 2 aliphatic rings. The van der Waals surface area contributed by atoms with Crippen LogP contribution in [0.3, 0.4) is 0 Å². The molecule has 0 fully saturated rings. The quantitative estimate of drug-likeness (QED) is 0.251. The Morgan fingerprint density at radius 1 is 0.425 bits per heavy atom. The van der Waals surface area contributed by atoms with Crippen LogP contribution in [-0.4, -0.2) is 15.0 Å². The van der Waals surface area contributed by atoms with Gasteiger partial charge in [-0.05, 0) is 44.5 Å². The molecule has 188 valence electrons. The number of hydrogen-bond acceptors (Lipinski definition) is 2. The molecule has 2 aliphatic heterocycles. The van der Waals surface area contributed by atoms with Gasteiger partial charge in [-0.3, -0.25) is 0 Å². The summed E-state index contributed by atoms with van der Waals surface area (Å²) in [4.78, 5) is 0. The fourth-order valence-corrected chi connectivity index (χ4v) is 11.4. The van der Waals surface area contributed by atoms with Crippen molar-refractivity contribution in [3.05, 3.63) is 152 Å². The molecule has 0 bridgehead atoms. The molecular formula is C36H25BO2Si. The zero-order chi connectivity index (χ0) is 26.5. The average Bonchev–Trinajstić information content (AvgIpc) is 3.03. The highest BCUT2D eigenvalue weighted by molar-refractivity contribution is 7.20. The topological polar surface area (TPSA) is 18.5 Å². The molecule has 2 nitrogen and oxygen atoms in total. The van der Waals surface area contributed by atoms with Gasteiger partial charge in [0.15, 0.2) is 8.07 Å². The summed E-state index contributed by atoms with van der Waals surface area (Å²) in [6, 6.07) is 54.5. The first kappa shape index (κ1) is 23.1. The van der Waals surface area contributed by atoms with Gasteiger partial charge in [-0.1, -0.05) is 133 Å². The maximum Gasteiger partial charge on any atom is 0.434 e. The summed E-state index contributed by atoms with van der Waals surface area (Å²) in [6.45, 7) is -0.208. The van der Waals surface area contributed by atoms with Crippen molar-refractivity contribution in [2.75, 3.05) is 0 Å². The summed E-state index contributed by atoms with van der Waals surface area (Å²) in [6.07, 6.45) is 0. The van der Waals surface area contributed by atoms with E-state index in [4.69, 9.17) is 9.39 Å². The van der Waals surface area contributed by atoms with Gasteiger partial charge in [-0.15, -0.1) is 0 Å². The summed E-state index contributed by atoms with van der Waals surface area (Å²) in [5.74, 6) is 2.64. The number of rotatable bonds is 4. The molecule has 40 heavy (non-hydrogen) atoms. The highest BCUT2D eigenvalue weighted by Crippen LogP contribution is 2.38. The number of fused-ring (bicyclic) bond motifs is 4. The van der Waals surface area contributed by atoms with Crippen molar-refractivity contribution >= 4 is 46.7 Å². The lowest BCUT2D eigenvalue weighted by molar-refractivity contribution is 0.480. The third-order valence-corrected chi connectivity index (χ3v) is 13.1. The molecule has 0 radical (unpaired) electrons. The van der Waals surface area contributed by atoms with E-state index in [0.29, 0.717) is 0 Å². The van der Waals surface area contributed by atoms with E-state index in [1.165, 1.54) is 26.3 Å². The summed E-state index contributed by atoms with van der Waals surface area (Å²) in [5, 5.41) is 5.31. The first-order valence-corrected chi connectivity index (χ1v) is 15.7. The van der Waals surface area contributed by atoms with Gasteiger partial charge >= 0.3 is 6.92 Å². The molecule has 4 heteroatoms. The fourth-order valence-electron chi connectivity index (χ4n) is 6.59. The second-order valence-corrected chi connectivity index (χ2v) is 14.2. The lowest BCUT2D eigenvalue weighted by Gasteiger charge is -2.38. The fraction of sp³-hybridized carbons (Fsp3) is 0. The Bertz CT molecular complexity index is 1760. The first-order valence-electron chi connectivity index (χ1n) is 13.7. The van der Waals surface area contributed by atoms with Crippen molar-refractivity contribution in [2.24, 2.45) is 0 Å². The lowest BCUT2D eigenvalue weighted by atomic mass is 9.51. The molecule has 0 unspecified atom stereocenters. The number of benzene rings is 6. The molecule has 0 N–H and O–H groups in total. The van der Waals surface area contributed by atoms with E-state index in [-0.39, 0.29) is 6.92 Å². The lowest BCUT2D eigenvalue weighted by Crippen LogP contribution is -2.75. The molecule has 0 saturated heterocycles. The van der Waals surface area contributed by atoms with Crippen LogP contribution >= 0.6 is 0 Å². The zero-order valence-corrected chi connectivity index (χ0v) is 22.8. The van der Waals surface area contributed by atoms with Crippen LogP contribution in [0.4, 0.5) is 0 Å². The Kier molecular flexibility index (Phi) is 5.29. The third kappa shape index (κ3) is 3.36. The van der Waals surface area contributed by atoms with Gasteiger partial charge in [0.25, 0.3) is 0 Å². The van der Waals surface area contributed by atoms with E-state index >= 15 is 0 Å². The number of ether oxygens (including phenoxy) is 1. The van der Waals surface area contributed by atoms with Crippen LogP contribution in [0.25, 0.3) is 11.1 Å². The molecule has 0 saturated carbocycles. The standard InChI is InChI=1S/C36H25BO2Si/c1-4-14-26(15-5-1)40(27-16-6-2-7-17-27,28-18-8-3-9-19-28)29-24-31-30-20-10-12-22-33(30)39-37-32-21-11-13-23-34(32)38-35(25-29)36(31)37/h1-25H. The maximum absolute atomic E-state index is 6.72. The minimum absolute atomic E-state index is 0.208. The van der Waals surface area contributed by atoms with E-state index in [0.717, 1.165) is 33.7 Å². The van der Waals surface area contributed by atoms with E-state index in [1.807, 2.05) is 12.1 Å². The van der Waals surface area contributed by atoms with Crippen LogP contribution < -0.4 is 41.1 Å². The number of hydrogen-bond donors (Lipinski definition) is 0. The molecule has 0 atom stereocenters. The van der Waals surface area contributed by atoms with Gasteiger partial charge in [-0.25, -0.2) is 0 Å². The molecule has 0 aromatic heterocycles. The van der Waals surface area contributed by atoms with Crippen LogP contribution in [0.15, 0.2) is 152 Å². The Morgan fingerprint density at radius 3 is 1.57 bits per heavy atom. The van der Waals surface area contributed by atoms with Gasteiger partial charge < -0.3 is 9.39 Å².